The van der Waals surface area contributed by atoms with Crippen molar-refractivity contribution in [2.24, 2.45) is 4.99 Å². The molecule has 1 aromatic rings. The lowest BCUT2D eigenvalue weighted by atomic mass is 10.1. The van der Waals surface area contributed by atoms with E-state index < -0.39 is 6.04 Å². The van der Waals surface area contributed by atoms with Crippen LogP contribution in [0.2, 0.25) is 0 Å². The highest BCUT2D eigenvalue weighted by Gasteiger charge is 2.51. The van der Waals surface area contributed by atoms with Gasteiger partial charge in [-0.2, -0.15) is 0 Å². The number of likely N-dealkylation sites (N-methyl/N-ethyl adjacent to an activating group) is 2. The minimum Gasteiger partial charge on any atom is -0.275 e. The summed E-state index contributed by atoms with van der Waals surface area (Å²) in [6.45, 7) is 5.50. The van der Waals surface area contributed by atoms with Gasteiger partial charge in [0, 0.05) is 14.1 Å². The molecule has 7 heteroatoms. The summed E-state index contributed by atoms with van der Waals surface area (Å²) < 4.78 is 1.96. The summed E-state index contributed by atoms with van der Waals surface area (Å²) in [5.41, 5.74) is 2.29. The first-order valence-corrected chi connectivity index (χ1v) is 9.01. The summed E-state index contributed by atoms with van der Waals surface area (Å²) in [5, 5.41) is 3.34. The number of benzene rings is 1. The molecule has 2 heterocycles. The number of aliphatic imine (C=N–C) groups is 1. The highest BCUT2D eigenvalue weighted by Crippen LogP contribution is 2.20. The summed E-state index contributed by atoms with van der Waals surface area (Å²) >= 11 is 0. The van der Waals surface area contributed by atoms with Gasteiger partial charge < -0.3 is 0 Å². The monoisotopic (exact) mass is 356 g/mol. The van der Waals surface area contributed by atoms with Gasteiger partial charge in [0.1, 0.15) is 0 Å². The molecule has 3 amide bonds. The Balaban J connectivity index is 1.95. The van der Waals surface area contributed by atoms with Gasteiger partial charge in [-0.15, -0.1) is 0 Å². The van der Waals surface area contributed by atoms with Crippen LogP contribution in [-0.2, 0) is 11.3 Å². The number of amides is 3. The van der Waals surface area contributed by atoms with Crippen LogP contribution in [0, 0.1) is 6.92 Å². The molecule has 7 nitrogen and oxygen atoms in total. The largest absolute Gasteiger partial charge is 0.390 e. The van der Waals surface area contributed by atoms with E-state index in [0.29, 0.717) is 18.3 Å². The van der Waals surface area contributed by atoms with Crippen molar-refractivity contribution in [2.75, 3.05) is 20.6 Å². The Bertz CT molecular complexity index is 782. The van der Waals surface area contributed by atoms with Gasteiger partial charge in [0.2, 0.25) is 11.9 Å². The molecule has 2 aliphatic heterocycles. The van der Waals surface area contributed by atoms with Crippen molar-refractivity contribution in [2.45, 2.75) is 39.3 Å². The van der Waals surface area contributed by atoms with Crippen molar-refractivity contribution in [3.05, 3.63) is 35.4 Å². The van der Waals surface area contributed by atoms with Crippen molar-refractivity contribution >= 4 is 23.7 Å². The number of carbonyl (C=O) groups excluding carboxylic acids is 2. The Labute approximate surface area is 154 Å². The number of carbonyl (C=O) groups is 2. The Morgan fingerprint density at radius 2 is 1.85 bits per heavy atom. The maximum atomic E-state index is 12.8. The molecule has 0 aliphatic carbocycles. The smallest absolute Gasteiger partial charge is 0.275 e. The molecule has 26 heavy (non-hydrogen) atoms. The molecule has 0 aromatic heterocycles. The van der Waals surface area contributed by atoms with Crippen LogP contribution in [0.15, 0.2) is 29.3 Å². The molecule has 1 unspecified atom stereocenters. The molecule has 3 rings (SSSR count). The number of amidine groups is 1. The van der Waals surface area contributed by atoms with E-state index in [1.165, 1.54) is 22.4 Å². The molecule has 0 bridgehead atoms. The lowest BCUT2D eigenvalue weighted by Crippen LogP contribution is -2.61. The van der Waals surface area contributed by atoms with E-state index in [9.17, 15) is 9.59 Å². The molecule has 0 saturated carbocycles. The predicted molar refractivity (Wildman–Crippen MR) is 100 cm³/mol. The Hall–Kier alpha value is -2.70. The van der Waals surface area contributed by atoms with Crippen LogP contribution < -0.4 is 5.32 Å². The van der Waals surface area contributed by atoms with Gasteiger partial charge in [-0.05, 0) is 18.9 Å². The van der Waals surface area contributed by atoms with Crippen LogP contribution in [0.5, 0.6) is 0 Å². The number of nitrogens with zero attached hydrogens (tertiary/aromatic N) is 4. The normalized spacial score (nSPS) is 19.8. The zero-order valence-electron chi connectivity index (χ0n) is 15.8. The van der Waals surface area contributed by atoms with Crippen molar-refractivity contribution in [3.8, 4) is 0 Å². The number of guanidine groups is 1. The lowest BCUT2D eigenvalue weighted by Gasteiger charge is -2.31. The molecule has 0 spiro atoms. The third kappa shape index (κ3) is 3.21. The number of hydrogen-bond acceptors (Lipinski definition) is 4. The Kier molecular flexibility index (Phi) is 5.06. The molecule has 138 valence electrons. The second-order valence-electron chi connectivity index (χ2n) is 6.83. The minimum atomic E-state index is -0.576. The average Bonchev–Trinajstić information content (AvgIpc) is 2.99. The van der Waals surface area contributed by atoms with Gasteiger partial charge in [0.15, 0.2) is 0 Å². The van der Waals surface area contributed by atoms with E-state index in [4.69, 9.17) is 0 Å². The van der Waals surface area contributed by atoms with E-state index in [2.05, 4.69) is 41.5 Å². The van der Waals surface area contributed by atoms with Crippen LogP contribution in [-0.4, -0.2) is 64.8 Å². The number of aryl methyl sites for hydroxylation is 1. The molecular weight excluding hydrogens is 330 g/mol. The number of nitrogens with one attached hydrogen (secondary N) is 1. The second kappa shape index (κ2) is 7.27. The molecule has 1 fully saturated rings. The summed E-state index contributed by atoms with van der Waals surface area (Å²) in [7, 11) is 3.18. The number of unbranched alkanes of at least 4 members (excludes halogenated alkanes) is 1. The fraction of sp³-hybridized carbons (Fsp3) is 0.474. The summed E-state index contributed by atoms with van der Waals surface area (Å²) in [4.78, 5) is 32.3. The molecule has 1 aromatic carbocycles. The lowest BCUT2D eigenvalue weighted by molar-refractivity contribution is -0.553. The maximum Gasteiger partial charge on any atom is 0.390 e. The number of hydrogen-bond donors (Lipinski definition) is 1. The van der Waals surface area contributed by atoms with E-state index in [1.807, 2.05) is 11.5 Å². The van der Waals surface area contributed by atoms with Crippen molar-refractivity contribution in [3.63, 3.8) is 0 Å². The molecule has 2 aliphatic rings. The van der Waals surface area contributed by atoms with Gasteiger partial charge in [0.05, 0.1) is 13.1 Å². The minimum absolute atomic E-state index is 0.244. The molecule has 1 N–H and O–H groups in total. The van der Waals surface area contributed by atoms with Crippen molar-refractivity contribution in [1.29, 1.82) is 0 Å². The van der Waals surface area contributed by atoms with Crippen molar-refractivity contribution < 1.29 is 14.2 Å². The molecule has 0 radical (unpaired) electrons. The van der Waals surface area contributed by atoms with E-state index in [0.717, 1.165) is 24.9 Å². The number of urea groups is 1. The van der Waals surface area contributed by atoms with Crippen LogP contribution in [0.25, 0.3) is 0 Å². The topological polar surface area (TPSA) is 68.0 Å². The molecule has 1 saturated heterocycles. The summed E-state index contributed by atoms with van der Waals surface area (Å²) in [6, 6.07) is 7.30. The first kappa shape index (κ1) is 18.1. The first-order chi connectivity index (χ1) is 12.4. The van der Waals surface area contributed by atoms with E-state index in [1.54, 1.807) is 7.05 Å². The Morgan fingerprint density at radius 1 is 1.15 bits per heavy atom. The third-order valence-corrected chi connectivity index (χ3v) is 4.82. The average molecular weight is 356 g/mol. The van der Waals surface area contributed by atoms with Crippen LogP contribution in [0.3, 0.4) is 0 Å². The highest BCUT2D eigenvalue weighted by molar-refractivity contribution is 6.22. The third-order valence-electron chi connectivity index (χ3n) is 4.82. The van der Waals surface area contributed by atoms with Crippen LogP contribution in [0.4, 0.5) is 4.79 Å². The van der Waals surface area contributed by atoms with Crippen molar-refractivity contribution in [1.82, 2.24) is 15.1 Å². The predicted octanol–water partition coefficient (Wildman–Crippen LogP) is 1.56. The molecule has 1 atom stereocenters. The van der Waals surface area contributed by atoms with Gasteiger partial charge in [0.25, 0.3) is 5.91 Å². The van der Waals surface area contributed by atoms with Gasteiger partial charge >= 0.3 is 12.0 Å². The van der Waals surface area contributed by atoms with Gasteiger partial charge in [-0.1, -0.05) is 48.2 Å². The fourth-order valence-electron chi connectivity index (χ4n) is 3.17. The second-order valence-corrected chi connectivity index (χ2v) is 6.83. The van der Waals surface area contributed by atoms with Gasteiger partial charge in [-0.25, -0.2) is 9.37 Å². The zero-order valence-corrected chi connectivity index (χ0v) is 15.8. The summed E-state index contributed by atoms with van der Waals surface area (Å²) in [5.74, 6) is 0.901. The number of rotatable bonds is 5. The number of imide groups is 1. The number of fused-ring (bicyclic) bond motifs is 1. The van der Waals surface area contributed by atoms with Crippen LogP contribution >= 0.6 is 0 Å². The van der Waals surface area contributed by atoms with Crippen LogP contribution in [0.1, 0.15) is 30.9 Å². The summed E-state index contributed by atoms with van der Waals surface area (Å²) in [6.07, 6.45) is 2.08. The van der Waals surface area contributed by atoms with E-state index in [-0.39, 0.29) is 11.9 Å². The fourth-order valence-corrected chi connectivity index (χ4v) is 3.17. The SMILES string of the molecule is CCCCNC1=[N+](Cc2ccc(C)cc2)C2C(=O)N(C)C(=O)N(C)C2=N1. The first-order valence-electron chi connectivity index (χ1n) is 9.01. The quantitative estimate of drug-likeness (QED) is 0.643. The van der Waals surface area contributed by atoms with E-state index >= 15 is 0 Å². The maximum absolute atomic E-state index is 12.8. The zero-order chi connectivity index (χ0) is 18.8. The van der Waals surface area contributed by atoms with Gasteiger partial charge in [-0.3, -0.25) is 19.9 Å². The highest BCUT2D eigenvalue weighted by atomic mass is 16.2. The Morgan fingerprint density at radius 3 is 2.50 bits per heavy atom. The molecular formula is C19H26N5O2+. The standard InChI is InChI=1S/C19H25N5O2/c1-5-6-11-20-18-21-16-15(17(25)23(4)19(26)22(16)3)24(18)12-14-9-7-13(2)8-10-14/h7-10,15H,5-6,11-12H2,1-4H3/p+1.